The van der Waals surface area contributed by atoms with Crippen LogP contribution in [0.4, 0.5) is 0 Å². The maximum absolute atomic E-state index is 6.38. The van der Waals surface area contributed by atoms with E-state index in [4.69, 9.17) is 16.6 Å². The first kappa shape index (κ1) is 13.9. The van der Waals surface area contributed by atoms with Crippen molar-refractivity contribution < 1.29 is 0 Å². The van der Waals surface area contributed by atoms with Gasteiger partial charge in [0.1, 0.15) is 11.3 Å². The van der Waals surface area contributed by atoms with Crippen molar-refractivity contribution >= 4 is 22.8 Å². The Kier molecular flexibility index (Phi) is 3.97. The first-order valence-electron chi connectivity index (χ1n) is 7.69. The van der Waals surface area contributed by atoms with Crippen LogP contribution in [-0.4, -0.2) is 14.5 Å². The van der Waals surface area contributed by atoms with Crippen LogP contribution in [0.5, 0.6) is 0 Å². The van der Waals surface area contributed by atoms with E-state index in [0.29, 0.717) is 6.04 Å². The van der Waals surface area contributed by atoms with Gasteiger partial charge in [0.15, 0.2) is 5.65 Å². The Morgan fingerprint density at radius 1 is 1.40 bits per heavy atom. The van der Waals surface area contributed by atoms with E-state index in [-0.39, 0.29) is 5.38 Å². The number of imidazole rings is 1. The number of nitrogens with zero attached hydrogens (tertiary/aromatic N) is 3. The van der Waals surface area contributed by atoms with Crippen LogP contribution in [0.25, 0.3) is 11.2 Å². The first-order chi connectivity index (χ1) is 9.72. The summed E-state index contributed by atoms with van der Waals surface area (Å²) in [6.45, 7) is 4.29. The van der Waals surface area contributed by atoms with Gasteiger partial charge < -0.3 is 4.57 Å². The van der Waals surface area contributed by atoms with Crippen LogP contribution in [0.2, 0.25) is 0 Å². The van der Waals surface area contributed by atoms with E-state index in [1.165, 1.54) is 32.1 Å². The molecule has 108 valence electrons. The zero-order valence-electron chi connectivity index (χ0n) is 12.2. The van der Waals surface area contributed by atoms with Crippen LogP contribution in [0.1, 0.15) is 63.2 Å². The molecule has 0 N–H and O–H groups in total. The minimum Gasteiger partial charge on any atom is -0.308 e. The molecule has 3 rings (SSSR count). The van der Waals surface area contributed by atoms with Crippen LogP contribution in [0, 0.1) is 5.92 Å². The van der Waals surface area contributed by atoms with Crippen molar-refractivity contribution in [3.63, 3.8) is 0 Å². The molecule has 4 heteroatoms. The molecule has 1 aliphatic rings. The Morgan fingerprint density at radius 3 is 2.95 bits per heavy atom. The number of rotatable bonds is 3. The highest BCUT2D eigenvalue weighted by Crippen LogP contribution is 2.39. The van der Waals surface area contributed by atoms with Gasteiger partial charge in [-0.2, -0.15) is 0 Å². The van der Waals surface area contributed by atoms with E-state index < -0.39 is 0 Å². The maximum atomic E-state index is 6.38. The van der Waals surface area contributed by atoms with Crippen molar-refractivity contribution in [2.75, 3.05) is 0 Å². The van der Waals surface area contributed by atoms with Gasteiger partial charge in [-0.05, 0) is 37.8 Å². The van der Waals surface area contributed by atoms with Crippen LogP contribution in [0.3, 0.4) is 0 Å². The molecule has 20 heavy (non-hydrogen) atoms. The van der Waals surface area contributed by atoms with Crippen LogP contribution < -0.4 is 0 Å². The molecule has 0 saturated heterocycles. The third-order valence-electron chi connectivity index (χ3n) is 4.56. The lowest BCUT2D eigenvalue weighted by molar-refractivity contribution is 0.232. The van der Waals surface area contributed by atoms with Gasteiger partial charge in [0.2, 0.25) is 0 Å². The summed E-state index contributed by atoms with van der Waals surface area (Å²) >= 11 is 6.38. The molecule has 0 aromatic carbocycles. The molecule has 3 unspecified atom stereocenters. The van der Waals surface area contributed by atoms with Crippen molar-refractivity contribution in [2.45, 2.75) is 57.4 Å². The lowest BCUT2D eigenvalue weighted by Crippen LogP contribution is -2.24. The van der Waals surface area contributed by atoms with Gasteiger partial charge in [0, 0.05) is 12.2 Å². The fraction of sp³-hybridized carbons (Fsp3) is 0.625. The molecule has 1 saturated carbocycles. The van der Waals surface area contributed by atoms with Gasteiger partial charge in [0.05, 0.1) is 5.38 Å². The predicted octanol–water partition coefficient (Wildman–Crippen LogP) is 4.87. The normalized spacial score (nSPS) is 24.9. The average Bonchev–Trinajstić information content (AvgIpc) is 2.86. The third-order valence-corrected chi connectivity index (χ3v) is 4.75. The van der Waals surface area contributed by atoms with E-state index in [9.17, 15) is 0 Å². The van der Waals surface area contributed by atoms with Crippen LogP contribution >= 0.6 is 11.6 Å². The van der Waals surface area contributed by atoms with Crippen molar-refractivity contribution in [1.29, 1.82) is 0 Å². The van der Waals surface area contributed by atoms with Gasteiger partial charge in [0.25, 0.3) is 0 Å². The Hall–Kier alpha value is -1.09. The fourth-order valence-corrected chi connectivity index (χ4v) is 3.71. The molecule has 1 fully saturated rings. The highest BCUT2D eigenvalue weighted by Gasteiger charge is 2.29. The Labute approximate surface area is 125 Å². The van der Waals surface area contributed by atoms with Crippen molar-refractivity contribution in [3.8, 4) is 0 Å². The summed E-state index contributed by atoms with van der Waals surface area (Å²) in [6.07, 6.45) is 8.24. The summed E-state index contributed by atoms with van der Waals surface area (Å²) < 4.78 is 2.33. The number of hydrogen-bond donors (Lipinski definition) is 0. The van der Waals surface area contributed by atoms with E-state index in [2.05, 4.69) is 16.5 Å². The van der Waals surface area contributed by atoms with Crippen LogP contribution in [0.15, 0.2) is 18.3 Å². The molecule has 3 atom stereocenters. The lowest BCUT2D eigenvalue weighted by atomic mass is 9.82. The van der Waals surface area contributed by atoms with E-state index in [1.54, 1.807) is 0 Å². The van der Waals surface area contributed by atoms with E-state index in [1.807, 2.05) is 25.3 Å². The summed E-state index contributed by atoms with van der Waals surface area (Å²) in [4.78, 5) is 9.29. The minimum atomic E-state index is -0.0800. The molecule has 0 aliphatic heterocycles. The molecule has 3 nitrogen and oxygen atoms in total. The lowest BCUT2D eigenvalue weighted by Gasteiger charge is -2.33. The molecular weight excluding hydrogens is 270 g/mol. The molecule has 0 bridgehead atoms. The Balaban J connectivity index is 2.14. The van der Waals surface area contributed by atoms with Crippen molar-refractivity contribution in [3.05, 3.63) is 24.2 Å². The third kappa shape index (κ3) is 2.32. The summed E-state index contributed by atoms with van der Waals surface area (Å²) in [5, 5.41) is -0.0800. The highest BCUT2D eigenvalue weighted by molar-refractivity contribution is 6.20. The van der Waals surface area contributed by atoms with Crippen molar-refractivity contribution in [2.24, 2.45) is 5.92 Å². The quantitative estimate of drug-likeness (QED) is 0.755. The molecule has 0 spiro atoms. The molecule has 1 aliphatic carbocycles. The summed E-state index contributed by atoms with van der Waals surface area (Å²) in [7, 11) is 0. The van der Waals surface area contributed by atoms with Gasteiger partial charge >= 0.3 is 0 Å². The summed E-state index contributed by atoms with van der Waals surface area (Å²) in [5.41, 5.74) is 1.97. The number of pyridine rings is 1. The number of fused-ring (bicyclic) bond motifs is 1. The Morgan fingerprint density at radius 2 is 2.20 bits per heavy atom. The SMILES string of the molecule is CCC1CCCCC1n1c(C(C)Cl)nc2cccnc21. The highest BCUT2D eigenvalue weighted by atomic mass is 35.5. The van der Waals surface area contributed by atoms with Crippen molar-refractivity contribution in [1.82, 2.24) is 14.5 Å². The molecular formula is C16H22ClN3. The zero-order chi connectivity index (χ0) is 14.1. The molecule has 0 radical (unpaired) electrons. The molecule has 0 amide bonds. The minimum absolute atomic E-state index is 0.0800. The average molecular weight is 292 g/mol. The number of hydrogen-bond acceptors (Lipinski definition) is 2. The Bertz CT molecular complexity index is 590. The number of aromatic nitrogens is 3. The van der Waals surface area contributed by atoms with Gasteiger partial charge in [-0.3, -0.25) is 0 Å². The van der Waals surface area contributed by atoms with Gasteiger partial charge in [-0.25, -0.2) is 9.97 Å². The van der Waals surface area contributed by atoms with E-state index >= 15 is 0 Å². The van der Waals surface area contributed by atoms with E-state index in [0.717, 1.165) is 22.9 Å². The summed E-state index contributed by atoms with van der Waals surface area (Å²) in [6, 6.07) is 4.48. The standard InChI is InChI=1S/C16H22ClN3/c1-3-12-7-4-5-9-14(12)20-15(11(2)17)19-13-8-6-10-18-16(13)20/h6,8,10-12,14H,3-5,7,9H2,1-2H3. The fourth-order valence-electron chi connectivity index (χ4n) is 3.56. The second-order valence-electron chi connectivity index (χ2n) is 5.82. The largest absolute Gasteiger partial charge is 0.308 e. The van der Waals surface area contributed by atoms with Gasteiger partial charge in [-0.15, -0.1) is 11.6 Å². The monoisotopic (exact) mass is 291 g/mol. The maximum Gasteiger partial charge on any atom is 0.160 e. The van der Waals surface area contributed by atoms with Gasteiger partial charge in [-0.1, -0.05) is 26.2 Å². The molecule has 2 aromatic rings. The summed E-state index contributed by atoms with van der Waals surface area (Å²) in [5.74, 6) is 1.70. The first-order valence-corrected chi connectivity index (χ1v) is 8.13. The molecule has 2 aromatic heterocycles. The topological polar surface area (TPSA) is 30.7 Å². The second kappa shape index (κ2) is 5.72. The second-order valence-corrected chi connectivity index (χ2v) is 6.48. The number of alkyl halides is 1. The smallest absolute Gasteiger partial charge is 0.160 e. The van der Waals surface area contributed by atoms with Crippen LogP contribution in [-0.2, 0) is 0 Å². The molecule has 2 heterocycles. The predicted molar refractivity (Wildman–Crippen MR) is 83.1 cm³/mol. The number of halogens is 1. The zero-order valence-corrected chi connectivity index (χ0v) is 13.0.